The molecule has 0 aliphatic carbocycles. The van der Waals surface area contributed by atoms with E-state index in [1.807, 2.05) is 49.1 Å². The quantitative estimate of drug-likeness (QED) is 0.464. The van der Waals surface area contributed by atoms with E-state index < -0.39 is 0 Å². The summed E-state index contributed by atoms with van der Waals surface area (Å²) >= 11 is 0. The molecule has 1 saturated heterocycles. The molecule has 0 radical (unpaired) electrons. The highest BCUT2D eigenvalue weighted by Crippen LogP contribution is 2.29. The van der Waals surface area contributed by atoms with E-state index in [1.54, 1.807) is 0 Å². The summed E-state index contributed by atoms with van der Waals surface area (Å²) in [5.74, 6) is 1.97. The predicted molar refractivity (Wildman–Crippen MR) is 130 cm³/mol. The molecule has 1 aliphatic heterocycles. The van der Waals surface area contributed by atoms with Gasteiger partial charge in [-0.15, -0.1) is 0 Å². The van der Waals surface area contributed by atoms with E-state index >= 15 is 0 Å². The van der Waals surface area contributed by atoms with E-state index in [4.69, 9.17) is 4.98 Å². The Morgan fingerprint density at radius 3 is 2.48 bits per heavy atom. The molecule has 0 bridgehead atoms. The number of amides is 1. The Bertz CT molecular complexity index is 1300. The van der Waals surface area contributed by atoms with Gasteiger partial charge in [0, 0.05) is 41.6 Å². The van der Waals surface area contributed by atoms with Crippen molar-refractivity contribution < 1.29 is 4.79 Å². The molecule has 2 aromatic carbocycles. The number of benzene rings is 2. The second-order valence-electron chi connectivity index (χ2n) is 8.89. The van der Waals surface area contributed by atoms with Gasteiger partial charge in [-0.25, -0.2) is 15.0 Å². The van der Waals surface area contributed by atoms with E-state index in [0.29, 0.717) is 17.4 Å². The number of imidazole rings is 1. The zero-order valence-electron chi connectivity index (χ0n) is 19.2. The fourth-order valence-corrected chi connectivity index (χ4v) is 4.52. The summed E-state index contributed by atoms with van der Waals surface area (Å²) in [6, 6.07) is 15.8. The number of rotatable bonds is 4. The van der Waals surface area contributed by atoms with Gasteiger partial charge in [0.1, 0.15) is 5.82 Å². The van der Waals surface area contributed by atoms with Crippen LogP contribution in [0.25, 0.3) is 11.0 Å². The highest BCUT2D eigenvalue weighted by molar-refractivity contribution is 5.95. The van der Waals surface area contributed by atoms with Gasteiger partial charge < -0.3 is 15.2 Å². The van der Waals surface area contributed by atoms with Crippen molar-refractivity contribution in [2.45, 2.75) is 39.5 Å². The molecule has 7 nitrogen and oxygen atoms in total. The Balaban J connectivity index is 1.25. The van der Waals surface area contributed by atoms with E-state index in [9.17, 15) is 4.79 Å². The van der Waals surface area contributed by atoms with Crippen LogP contribution in [-0.2, 0) is 0 Å². The molecule has 1 fully saturated rings. The topological polar surface area (TPSA) is 86.8 Å². The van der Waals surface area contributed by atoms with Gasteiger partial charge in [-0.05, 0) is 75.6 Å². The molecule has 0 atom stereocenters. The zero-order valence-corrected chi connectivity index (χ0v) is 19.2. The maximum Gasteiger partial charge on any atom is 0.253 e. The SMILES string of the molecule is Cc1ccc2nc(C3CCN(C(=O)c4cccc(Nc5nc(C)cc(C)n5)c4)CC3)[nH]c2c1. The standard InChI is InChI=1S/C26H28N6O/c1-16-7-8-22-23(13-16)31-24(30-22)19-9-11-32(12-10-19)25(33)20-5-4-6-21(15-20)29-26-27-17(2)14-18(3)28-26/h4-8,13-15,19H,9-12H2,1-3H3,(H,30,31)(H,27,28,29). The highest BCUT2D eigenvalue weighted by Gasteiger charge is 2.26. The summed E-state index contributed by atoms with van der Waals surface area (Å²) in [6.45, 7) is 7.41. The van der Waals surface area contributed by atoms with Gasteiger partial charge >= 0.3 is 0 Å². The van der Waals surface area contributed by atoms with E-state index in [-0.39, 0.29) is 5.91 Å². The number of likely N-dealkylation sites (tertiary alicyclic amines) is 1. The predicted octanol–water partition coefficient (Wildman–Crippen LogP) is 5.04. The third kappa shape index (κ3) is 4.58. The summed E-state index contributed by atoms with van der Waals surface area (Å²) in [5, 5.41) is 3.22. The van der Waals surface area contributed by atoms with Gasteiger partial charge in [-0.2, -0.15) is 0 Å². The number of carbonyl (C=O) groups excluding carboxylic acids is 1. The van der Waals surface area contributed by atoms with Crippen LogP contribution in [0.15, 0.2) is 48.5 Å². The van der Waals surface area contributed by atoms with Crippen LogP contribution < -0.4 is 5.32 Å². The minimum Gasteiger partial charge on any atom is -0.342 e. The fourth-order valence-electron chi connectivity index (χ4n) is 4.52. The Kier molecular flexibility index (Phi) is 5.54. The lowest BCUT2D eigenvalue weighted by Crippen LogP contribution is -2.38. The second kappa shape index (κ2) is 8.65. The van der Waals surface area contributed by atoms with Gasteiger partial charge in [0.15, 0.2) is 0 Å². The summed E-state index contributed by atoms with van der Waals surface area (Å²) in [7, 11) is 0. The summed E-state index contributed by atoms with van der Waals surface area (Å²) in [4.78, 5) is 32.2. The number of anilines is 2. The summed E-state index contributed by atoms with van der Waals surface area (Å²) < 4.78 is 0. The number of piperidine rings is 1. The average molecular weight is 441 g/mol. The average Bonchev–Trinajstić information content (AvgIpc) is 3.21. The van der Waals surface area contributed by atoms with Crippen molar-refractivity contribution in [3.8, 4) is 0 Å². The highest BCUT2D eigenvalue weighted by atomic mass is 16.2. The first-order chi connectivity index (χ1) is 15.9. The molecule has 0 saturated carbocycles. The summed E-state index contributed by atoms with van der Waals surface area (Å²) in [5.41, 5.74) is 6.59. The number of carbonyl (C=O) groups is 1. The van der Waals surface area contributed by atoms with Crippen molar-refractivity contribution >= 4 is 28.6 Å². The van der Waals surface area contributed by atoms with E-state index in [2.05, 4.69) is 45.4 Å². The van der Waals surface area contributed by atoms with Gasteiger partial charge in [0.2, 0.25) is 5.95 Å². The normalized spacial score (nSPS) is 14.6. The molecule has 33 heavy (non-hydrogen) atoms. The van der Waals surface area contributed by atoms with Crippen LogP contribution in [0.2, 0.25) is 0 Å². The molecule has 7 heteroatoms. The maximum absolute atomic E-state index is 13.2. The fraction of sp³-hybridized carbons (Fsp3) is 0.308. The molecule has 5 rings (SSSR count). The van der Waals surface area contributed by atoms with Crippen molar-refractivity contribution in [3.05, 3.63) is 76.9 Å². The number of hydrogen-bond donors (Lipinski definition) is 2. The number of aromatic amines is 1. The molecular formula is C26H28N6O. The molecular weight excluding hydrogens is 412 g/mol. The minimum atomic E-state index is 0.0543. The third-order valence-electron chi connectivity index (χ3n) is 6.17. The molecule has 1 aliphatic rings. The smallest absolute Gasteiger partial charge is 0.253 e. The van der Waals surface area contributed by atoms with Gasteiger partial charge in [0.25, 0.3) is 5.91 Å². The zero-order chi connectivity index (χ0) is 22.9. The van der Waals surface area contributed by atoms with E-state index in [1.165, 1.54) is 5.56 Å². The Hall–Kier alpha value is -3.74. The van der Waals surface area contributed by atoms with Crippen molar-refractivity contribution in [2.75, 3.05) is 18.4 Å². The molecule has 4 aromatic rings. The summed E-state index contributed by atoms with van der Waals surface area (Å²) in [6.07, 6.45) is 1.80. The van der Waals surface area contributed by atoms with Crippen molar-refractivity contribution in [1.82, 2.24) is 24.8 Å². The molecule has 2 aromatic heterocycles. The number of fused-ring (bicyclic) bond motifs is 1. The Morgan fingerprint density at radius 2 is 1.73 bits per heavy atom. The lowest BCUT2D eigenvalue weighted by molar-refractivity contribution is 0.0711. The van der Waals surface area contributed by atoms with Gasteiger partial charge in [-0.3, -0.25) is 4.79 Å². The van der Waals surface area contributed by atoms with Crippen LogP contribution in [0.5, 0.6) is 0 Å². The van der Waals surface area contributed by atoms with Crippen LogP contribution >= 0.6 is 0 Å². The van der Waals surface area contributed by atoms with Crippen LogP contribution in [0.4, 0.5) is 11.6 Å². The Labute approximate surface area is 193 Å². The number of aromatic nitrogens is 4. The van der Waals surface area contributed by atoms with Crippen molar-refractivity contribution in [1.29, 1.82) is 0 Å². The maximum atomic E-state index is 13.2. The second-order valence-corrected chi connectivity index (χ2v) is 8.89. The van der Waals surface area contributed by atoms with Crippen LogP contribution in [0.3, 0.4) is 0 Å². The number of nitrogens with one attached hydrogen (secondary N) is 2. The van der Waals surface area contributed by atoms with Gasteiger partial charge in [-0.1, -0.05) is 12.1 Å². The molecule has 2 N–H and O–H groups in total. The largest absolute Gasteiger partial charge is 0.342 e. The first-order valence-corrected chi connectivity index (χ1v) is 11.4. The monoisotopic (exact) mass is 440 g/mol. The molecule has 3 heterocycles. The lowest BCUT2D eigenvalue weighted by atomic mass is 9.95. The van der Waals surface area contributed by atoms with Crippen molar-refractivity contribution in [2.24, 2.45) is 0 Å². The number of H-pyrrole nitrogens is 1. The molecule has 1 amide bonds. The van der Waals surface area contributed by atoms with Crippen LogP contribution in [0.1, 0.15) is 51.9 Å². The van der Waals surface area contributed by atoms with Crippen molar-refractivity contribution in [3.63, 3.8) is 0 Å². The third-order valence-corrected chi connectivity index (χ3v) is 6.17. The first-order valence-electron chi connectivity index (χ1n) is 11.4. The molecule has 0 unspecified atom stereocenters. The van der Waals surface area contributed by atoms with Gasteiger partial charge in [0.05, 0.1) is 11.0 Å². The minimum absolute atomic E-state index is 0.0543. The van der Waals surface area contributed by atoms with Crippen LogP contribution in [0, 0.1) is 20.8 Å². The number of aryl methyl sites for hydroxylation is 3. The van der Waals surface area contributed by atoms with E-state index in [0.717, 1.165) is 59.9 Å². The number of nitrogens with zero attached hydrogens (tertiary/aromatic N) is 4. The lowest BCUT2D eigenvalue weighted by Gasteiger charge is -2.31. The molecule has 0 spiro atoms. The number of hydrogen-bond acceptors (Lipinski definition) is 5. The van der Waals surface area contributed by atoms with Crippen LogP contribution in [-0.4, -0.2) is 43.8 Å². The first kappa shape index (κ1) is 21.1. The molecule has 168 valence electrons. The Morgan fingerprint density at radius 1 is 0.970 bits per heavy atom.